The first kappa shape index (κ1) is 17.4. The van der Waals surface area contributed by atoms with Gasteiger partial charge < -0.3 is 5.73 Å². The summed E-state index contributed by atoms with van der Waals surface area (Å²) in [6.07, 6.45) is 4.55. The van der Waals surface area contributed by atoms with Crippen LogP contribution in [0.3, 0.4) is 0 Å². The van der Waals surface area contributed by atoms with Crippen molar-refractivity contribution in [3.8, 4) is 0 Å². The molecule has 0 radical (unpaired) electrons. The minimum absolute atomic E-state index is 0.232. The maximum atomic E-state index is 11.9. The third-order valence-electron chi connectivity index (χ3n) is 4.22. The summed E-state index contributed by atoms with van der Waals surface area (Å²) in [6.45, 7) is 12.6. The second-order valence-electron chi connectivity index (χ2n) is 6.91. The van der Waals surface area contributed by atoms with Gasteiger partial charge in [-0.3, -0.25) is 15.0 Å². The molecular weight excluding hydrogens is 250 g/mol. The van der Waals surface area contributed by atoms with E-state index in [4.69, 9.17) is 5.73 Å². The molecule has 0 spiro atoms. The minimum Gasteiger partial charge on any atom is -0.368 e. The lowest BCUT2D eigenvalue weighted by molar-refractivity contribution is -0.125. The van der Waals surface area contributed by atoms with Crippen LogP contribution in [-0.2, 0) is 4.79 Å². The first-order chi connectivity index (χ1) is 9.32. The normalized spacial score (nSPS) is 18.8. The van der Waals surface area contributed by atoms with E-state index >= 15 is 0 Å². The molecule has 0 saturated heterocycles. The fraction of sp³-hybridized carbons (Fsp3) is 0.938. The molecule has 1 aliphatic rings. The van der Waals surface area contributed by atoms with E-state index in [1.807, 2.05) is 6.92 Å². The number of primary amides is 1. The van der Waals surface area contributed by atoms with Crippen LogP contribution in [0.1, 0.15) is 60.3 Å². The van der Waals surface area contributed by atoms with Crippen LogP contribution in [0.4, 0.5) is 0 Å². The molecule has 0 bridgehead atoms. The van der Waals surface area contributed by atoms with Crippen molar-refractivity contribution >= 4 is 5.91 Å². The van der Waals surface area contributed by atoms with Gasteiger partial charge in [-0.25, -0.2) is 0 Å². The first-order valence-electron chi connectivity index (χ1n) is 8.14. The van der Waals surface area contributed by atoms with Crippen molar-refractivity contribution in [1.82, 2.24) is 10.2 Å². The van der Waals surface area contributed by atoms with Crippen molar-refractivity contribution in [2.45, 2.75) is 77.9 Å². The molecule has 1 saturated carbocycles. The molecule has 1 atom stereocenters. The Hall–Kier alpha value is -0.610. The summed E-state index contributed by atoms with van der Waals surface area (Å²) in [4.78, 5) is 14.4. The number of amides is 1. The van der Waals surface area contributed by atoms with Crippen LogP contribution in [-0.4, -0.2) is 41.5 Å². The second-order valence-corrected chi connectivity index (χ2v) is 6.91. The first-order valence-corrected chi connectivity index (χ1v) is 8.14. The molecular formula is C16H33N3O. The molecule has 118 valence electrons. The molecule has 3 N–H and O–H groups in total. The van der Waals surface area contributed by atoms with Gasteiger partial charge in [-0.1, -0.05) is 27.7 Å². The largest absolute Gasteiger partial charge is 0.368 e. The van der Waals surface area contributed by atoms with Crippen LogP contribution in [0.5, 0.6) is 0 Å². The number of rotatable bonds is 10. The van der Waals surface area contributed by atoms with Gasteiger partial charge in [0.2, 0.25) is 5.91 Å². The number of nitrogens with one attached hydrogen (secondary N) is 1. The van der Waals surface area contributed by atoms with Gasteiger partial charge in [0.05, 0.1) is 0 Å². The second kappa shape index (κ2) is 7.41. The monoisotopic (exact) mass is 283 g/mol. The Bertz CT molecular complexity index is 311. The zero-order valence-corrected chi connectivity index (χ0v) is 13.9. The number of nitrogens with zero attached hydrogens (tertiary/aromatic N) is 1. The van der Waals surface area contributed by atoms with E-state index in [-0.39, 0.29) is 5.91 Å². The lowest BCUT2D eigenvalue weighted by Gasteiger charge is -2.39. The van der Waals surface area contributed by atoms with E-state index in [0.29, 0.717) is 24.5 Å². The highest BCUT2D eigenvalue weighted by Gasteiger charge is 2.39. The van der Waals surface area contributed by atoms with Crippen molar-refractivity contribution in [3.63, 3.8) is 0 Å². The summed E-state index contributed by atoms with van der Waals surface area (Å²) >= 11 is 0. The van der Waals surface area contributed by atoms with Gasteiger partial charge in [0.15, 0.2) is 0 Å². The van der Waals surface area contributed by atoms with Crippen molar-refractivity contribution in [2.24, 2.45) is 11.7 Å². The van der Waals surface area contributed by atoms with Crippen LogP contribution in [0.25, 0.3) is 0 Å². The van der Waals surface area contributed by atoms with Crippen LogP contribution in [0.15, 0.2) is 0 Å². The Morgan fingerprint density at radius 1 is 1.35 bits per heavy atom. The number of nitrogens with two attached hydrogens (primary N) is 1. The smallest absolute Gasteiger partial charge is 0.238 e. The minimum atomic E-state index is -0.612. The highest BCUT2D eigenvalue weighted by Crippen LogP contribution is 2.24. The Labute approximate surface area is 124 Å². The molecule has 1 amide bonds. The van der Waals surface area contributed by atoms with Crippen molar-refractivity contribution in [3.05, 3.63) is 0 Å². The molecule has 0 aromatic rings. The average Bonchev–Trinajstić information content (AvgIpc) is 3.13. The third-order valence-corrected chi connectivity index (χ3v) is 4.22. The Balaban J connectivity index is 2.79. The summed E-state index contributed by atoms with van der Waals surface area (Å²) in [7, 11) is 0. The van der Waals surface area contributed by atoms with E-state index < -0.39 is 5.54 Å². The molecule has 0 aromatic heterocycles. The third kappa shape index (κ3) is 5.06. The van der Waals surface area contributed by atoms with E-state index in [0.717, 1.165) is 32.2 Å². The maximum absolute atomic E-state index is 11.9. The predicted molar refractivity (Wildman–Crippen MR) is 84.5 cm³/mol. The van der Waals surface area contributed by atoms with Gasteiger partial charge in [-0.15, -0.1) is 0 Å². The van der Waals surface area contributed by atoms with E-state index in [9.17, 15) is 4.79 Å². The van der Waals surface area contributed by atoms with Crippen LogP contribution in [0.2, 0.25) is 0 Å². The quantitative estimate of drug-likeness (QED) is 0.646. The molecule has 1 unspecified atom stereocenters. The molecule has 1 aliphatic carbocycles. The van der Waals surface area contributed by atoms with Gasteiger partial charge in [0.1, 0.15) is 5.54 Å². The molecule has 0 aromatic carbocycles. The summed E-state index contributed by atoms with van der Waals surface area (Å²) in [5.41, 5.74) is 5.07. The highest BCUT2D eigenvalue weighted by molar-refractivity contribution is 5.84. The van der Waals surface area contributed by atoms with E-state index in [1.165, 1.54) is 0 Å². The zero-order chi connectivity index (χ0) is 15.3. The zero-order valence-electron chi connectivity index (χ0n) is 13.9. The topological polar surface area (TPSA) is 58.4 Å². The van der Waals surface area contributed by atoms with Gasteiger partial charge in [0, 0.05) is 25.2 Å². The number of carbonyl (C=O) groups is 1. The van der Waals surface area contributed by atoms with Crippen LogP contribution in [0, 0.1) is 5.92 Å². The number of carbonyl (C=O) groups excluding carboxylic acids is 1. The molecule has 1 rings (SSSR count). The molecule has 1 fully saturated rings. The Kier molecular flexibility index (Phi) is 6.46. The lowest BCUT2D eigenvalue weighted by atomic mass is 9.97. The van der Waals surface area contributed by atoms with E-state index in [2.05, 4.69) is 37.9 Å². The molecule has 4 nitrogen and oxygen atoms in total. The molecule has 0 aliphatic heterocycles. The van der Waals surface area contributed by atoms with Crippen molar-refractivity contribution in [1.29, 1.82) is 0 Å². The average molecular weight is 283 g/mol. The fourth-order valence-electron chi connectivity index (χ4n) is 2.90. The highest BCUT2D eigenvalue weighted by atomic mass is 16.1. The van der Waals surface area contributed by atoms with Crippen LogP contribution < -0.4 is 11.1 Å². The standard InChI is InChI=1S/C16H33N3O/c1-6-14(7-2)19(10-12(3)4)11-16(5,15(17)20)18-13-8-9-13/h12-14,18H,6-11H2,1-5H3,(H2,17,20). The molecule has 20 heavy (non-hydrogen) atoms. The summed E-state index contributed by atoms with van der Waals surface area (Å²) in [5, 5.41) is 3.46. The summed E-state index contributed by atoms with van der Waals surface area (Å²) in [6, 6.07) is 1.01. The van der Waals surface area contributed by atoms with Crippen molar-refractivity contribution in [2.75, 3.05) is 13.1 Å². The lowest BCUT2D eigenvalue weighted by Crippen LogP contribution is -2.61. The summed E-state index contributed by atoms with van der Waals surface area (Å²) < 4.78 is 0. The van der Waals surface area contributed by atoms with Crippen molar-refractivity contribution < 1.29 is 4.79 Å². The SMILES string of the molecule is CCC(CC)N(CC(C)C)CC(C)(NC1CC1)C(N)=O. The maximum Gasteiger partial charge on any atom is 0.238 e. The Morgan fingerprint density at radius 2 is 1.90 bits per heavy atom. The number of hydrogen-bond donors (Lipinski definition) is 2. The summed E-state index contributed by atoms with van der Waals surface area (Å²) in [5.74, 6) is 0.359. The molecule has 4 heteroatoms. The van der Waals surface area contributed by atoms with Gasteiger partial charge in [-0.05, 0) is 38.5 Å². The van der Waals surface area contributed by atoms with Gasteiger partial charge in [0.25, 0.3) is 0 Å². The molecule has 0 heterocycles. The van der Waals surface area contributed by atoms with E-state index in [1.54, 1.807) is 0 Å². The van der Waals surface area contributed by atoms with Gasteiger partial charge >= 0.3 is 0 Å². The Morgan fingerprint density at radius 3 is 2.25 bits per heavy atom. The van der Waals surface area contributed by atoms with Crippen LogP contribution >= 0.6 is 0 Å². The predicted octanol–water partition coefficient (Wildman–Crippen LogP) is 2.13. The number of hydrogen-bond acceptors (Lipinski definition) is 3. The van der Waals surface area contributed by atoms with Gasteiger partial charge in [-0.2, -0.15) is 0 Å². The fourth-order valence-corrected chi connectivity index (χ4v) is 2.90.